The molecule has 2 heterocycles. The van der Waals surface area contributed by atoms with Crippen molar-refractivity contribution in [2.45, 2.75) is 50.2 Å². The molecule has 160 valence electrons. The molecule has 3 aliphatic rings. The van der Waals surface area contributed by atoms with E-state index in [1.165, 1.54) is 24.7 Å². The molecule has 2 N–H and O–H groups in total. The molecule has 0 bridgehead atoms. The maximum Gasteiger partial charge on any atom is 0.211 e. The minimum absolute atomic E-state index is 0.0632. The monoisotopic (exact) mass is 420 g/mol. The van der Waals surface area contributed by atoms with E-state index in [0.717, 1.165) is 37.4 Å². The molecule has 1 saturated heterocycles. The molecule has 1 aliphatic carbocycles. The van der Waals surface area contributed by atoms with Crippen LogP contribution in [0.15, 0.2) is 29.3 Å². The Hall–Kier alpha value is -1.80. The van der Waals surface area contributed by atoms with E-state index in [9.17, 15) is 8.42 Å². The van der Waals surface area contributed by atoms with E-state index in [1.807, 2.05) is 6.07 Å². The molecule has 0 amide bonds. The summed E-state index contributed by atoms with van der Waals surface area (Å²) in [5.74, 6) is 2.04. The Morgan fingerprint density at radius 3 is 2.76 bits per heavy atom. The van der Waals surface area contributed by atoms with Crippen LogP contribution in [-0.2, 0) is 10.0 Å². The average Bonchev–Trinajstić information content (AvgIpc) is 3.34. The molecular formula is C21H32N4O3S. The maximum absolute atomic E-state index is 11.7. The Balaban J connectivity index is 1.40. The van der Waals surface area contributed by atoms with Gasteiger partial charge in [0.1, 0.15) is 11.4 Å². The molecule has 2 atom stereocenters. The summed E-state index contributed by atoms with van der Waals surface area (Å²) in [7, 11) is -1.32. The third-order valence-corrected chi connectivity index (χ3v) is 7.79. The topological polar surface area (TPSA) is 83.0 Å². The van der Waals surface area contributed by atoms with Crippen LogP contribution in [0.3, 0.4) is 0 Å². The van der Waals surface area contributed by atoms with Crippen molar-refractivity contribution in [2.24, 2.45) is 10.9 Å². The summed E-state index contributed by atoms with van der Waals surface area (Å²) in [6.07, 6.45) is 7.76. The van der Waals surface area contributed by atoms with Gasteiger partial charge in [-0.1, -0.05) is 18.2 Å². The number of hydrogen-bond donors (Lipinski definition) is 2. The number of guanidine groups is 1. The highest BCUT2D eigenvalue weighted by molar-refractivity contribution is 7.88. The molecule has 2 aliphatic heterocycles. The lowest BCUT2D eigenvalue weighted by Crippen LogP contribution is -2.47. The highest BCUT2D eigenvalue weighted by Crippen LogP contribution is 2.46. The number of rotatable bonds is 4. The third-order valence-electron chi connectivity index (χ3n) is 6.52. The van der Waals surface area contributed by atoms with Crippen LogP contribution >= 0.6 is 0 Å². The van der Waals surface area contributed by atoms with Gasteiger partial charge in [-0.15, -0.1) is 0 Å². The molecule has 0 radical (unpaired) electrons. The number of hydrogen-bond acceptors (Lipinski definition) is 4. The second-order valence-electron chi connectivity index (χ2n) is 8.66. The van der Waals surface area contributed by atoms with Gasteiger partial charge in [-0.2, -0.15) is 0 Å². The first-order chi connectivity index (χ1) is 13.9. The molecular weight excluding hydrogens is 388 g/mol. The Kier molecular flexibility index (Phi) is 5.75. The van der Waals surface area contributed by atoms with Crippen molar-refractivity contribution in [1.82, 2.24) is 14.9 Å². The minimum Gasteiger partial charge on any atom is -0.487 e. The van der Waals surface area contributed by atoms with Gasteiger partial charge in [-0.3, -0.25) is 4.99 Å². The molecule has 1 aromatic carbocycles. The van der Waals surface area contributed by atoms with Crippen molar-refractivity contribution in [3.63, 3.8) is 0 Å². The lowest BCUT2D eigenvalue weighted by Gasteiger charge is -2.40. The van der Waals surface area contributed by atoms with Crippen LogP contribution in [0.4, 0.5) is 0 Å². The Morgan fingerprint density at radius 1 is 1.31 bits per heavy atom. The first-order valence-corrected chi connectivity index (χ1v) is 12.4. The highest BCUT2D eigenvalue weighted by atomic mass is 32.2. The van der Waals surface area contributed by atoms with Gasteiger partial charge in [0.05, 0.1) is 12.3 Å². The lowest BCUT2D eigenvalue weighted by molar-refractivity contribution is 0.0396. The number of fused-ring (bicyclic) bond motifs is 1. The molecule has 1 saturated carbocycles. The Bertz CT molecular complexity index is 864. The van der Waals surface area contributed by atoms with E-state index < -0.39 is 10.0 Å². The molecule has 7 nitrogen and oxygen atoms in total. The average molecular weight is 421 g/mol. The molecule has 0 aromatic heterocycles. The lowest BCUT2D eigenvalue weighted by atomic mass is 9.86. The number of benzene rings is 1. The van der Waals surface area contributed by atoms with E-state index in [4.69, 9.17) is 4.74 Å². The quantitative estimate of drug-likeness (QED) is 0.577. The normalized spacial score (nSPS) is 26.9. The first kappa shape index (κ1) is 20.5. The van der Waals surface area contributed by atoms with Crippen LogP contribution in [-0.4, -0.2) is 57.2 Å². The molecule has 1 spiro atoms. The molecule has 1 aromatic rings. The summed E-state index contributed by atoms with van der Waals surface area (Å²) in [4.78, 5) is 4.42. The predicted octanol–water partition coefficient (Wildman–Crippen LogP) is 2.27. The summed E-state index contributed by atoms with van der Waals surface area (Å²) >= 11 is 0. The summed E-state index contributed by atoms with van der Waals surface area (Å²) in [5.41, 5.74) is 1.11. The van der Waals surface area contributed by atoms with Crippen molar-refractivity contribution in [2.75, 3.05) is 32.9 Å². The summed E-state index contributed by atoms with van der Waals surface area (Å²) in [6.45, 7) is 1.89. The van der Waals surface area contributed by atoms with Gasteiger partial charge in [0.15, 0.2) is 5.96 Å². The van der Waals surface area contributed by atoms with Gasteiger partial charge in [0.25, 0.3) is 0 Å². The summed E-state index contributed by atoms with van der Waals surface area (Å²) in [5, 5.41) is 7.02. The Labute approximate surface area is 174 Å². The molecule has 4 rings (SSSR count). The van der Waals surface area contributed by atoms with Gasteiger partial charge in [-0.25, -0.2) is 12.7 Å². The first-order valence-electron chi connectivity index (χ1n) is 10.6. The largest absolute Gasteiger partial charge is 0.487 e. The molecule has 2 unspecified atom stereocenters. The van der Waals surface area contributed by atoms with Crippen LogP contribution in [0.25, 0.3) is 0 Å². The zero-order valence-corrected chi connectivity index (χ0v) is 18.2. The van der Waals surface area contributed by atoms with E-state index in [2.05, 4.69) is 33.8 Å². The fourth-order valence-corrected chi connectivity index (χ4v) is 5.86. The zero-order chi connectivity index (χ0) is 20.5. The van der Waals surface area contributed by atoms with E-state index in [-0.39, 0.29) is 11.6 Å². The number of nitrogens with zero attached hydrogens (tertiary/aromatic N) is 2. The predicted molar refractivity (Wildman–Crippen MR) is 115 cm³/mol. The second-order valence-corrected chi connectivity index (χ2v) is 10.6. The van der Waals surface area contributed by atoms with E-state index >= 15 is 0 Å². The van der Waals surface area contributed by atoms with E-state index in [1.54, 1.807) is 11.4 Å². The molecule has 29 heavy (non-hydrogen) atoms. The van der Waals surface area contributed by atoms with Gasteiger partial charge in [-0.05, 0) is 44.1 Å². The fraction of sp³-hybridized carbons (Fsp3) is 0.667. The Morgan fingerprint density at radius 2 is 2.07 bits per heavy atom. The summed E-state index contributed by atoms with van der Waals surface area (Å²) < 4.78 is 31.5. The van der Waals surface area contributed by atoms with Gasteiger partial charge in [0, 0.05) is 38.7 Å². The van der Waals surface area contributed by atoms with Crippen LogP contribution < -0.4 is 15.4 Å². The number of aliphatic imine (C=N–C) groups is 1. The number of sulfonamides is 1. The number of nitrogens with one attached hydrogen (secondary N) is 2. The van der Waals surface area contributed by atoms with Crippen LogP contribution in [0.5, 0.6) is 5.75 Å². The van der Waals surface area contributed by atoms with Crippen molar-refractivity contribution in [3.05, 3.63) is 29.8 Å². The maximum atomic E-state index is 11.7. The standard InChI is InChI=1S/C21H32N4O3S/c1-22-20(23-14-16-9-12-25(15-16)29(2,26)27)24-18-13-21(10-5-6-11-21)28-19-8-4-3-7-17(18)19/h3-4,7-8,16,18H,5-6,9-15H2,1-2H3,(H2,22,23,24). The zero-order valence-electron chi connectivity index (χ0n) is 17.4. The van der Waals surface area contributed by atoms with Gasteiger partial charge >= 0.3 is 0 Å². The fourth-order valence-electron chi connectivity index (χ4n) is 4.94. The SMILES string of the molecule is CN=C(NCC1CCN(S(C)(=O)=O)C1)NC1CC2(CCCC2)Oc2ccccc21. The van der Waals surface area contributed by atoms with Gasteiger partial charge in [0.2, 0.25) is 10.0 Å². The van der Waals surface area contributed by atoms with Crippen LogP contribution in [0, 0.1) is 5.92 Å². The van der Waals surface area contributed by atoms with Crippen molar-refractivity contribution < 1.29 is 13.2 Å². The third kappa shape index (κ3) is 4.53. The molecule has 2 fully saturated rings. The summed E-state index contributed by atoms with van der Waals surface area (Å²) in [6, 6.07) is 8.43. The number of ether oxygens (including phenoxy) is 1. The van der Waals surface area contributed by atoms with Crippen LogP contribution in [0.2, 0.25) is 0 Å². The minimum atomic E-state index is -3.10. The van der Waals surface area contributed by atoms with Crippen molar-refractivity contribution in [1.29, 1.82) is 0 Å². The molecule has 8 heteroatoms. The smallest absolute Gasteiger partial charge is 0.211 e. The van der Waals surface area contributed by atoms with E-state index in [0.29, 0.717) is 25.6 Å². The second kappa shape index (κ2) is 8.14. The van der Waals surface area contributed by atoms with Crippen LogP contribution in [0.1, 0.15) is 50.1 Å². The van der Waals surface area contributed by atoms with Crippen molar-refractivity contribution >= 4 is 16.0 Å². The van der Waals surface area contributed by atoms with Gasteiger partial charge < -0.3 is 15.4 Å². The van der Waals surface area contributed by atoms with Crippen molar-refractivity contribution in [3.8, 4) is 5.75 Å². The number of para-hydroxylation sites is 1. The highest BCUT2D eigenvalue weighted by Gasteiger charge is 2.43.